The van der Waals surface area contributed by atoms with E-state index in [9.17, 15) is 13.2 Å². The van der Waals surface area contributed by atoms with Crippen LogP contribution in [0.3, 0.4) is 0 Å². The summed E-state index contributed by atoms with van der Waals surface area (Å²) in [5.74, 6) is 0. The molecule has 0 radical (unpaired) electrons. The summed E-state index contributed by atoms with van der Waals surface area (Å²) in [6, 6.07) is 6.52. The summed E-state index contributed by atoms with van der Waals surface area (Å²) >= 11 is 0. The van der Waals surface area contributed by atoms with Gasteiger partial charge in [0.1, 0.15) is 12.6 Å². The van der Waals surface area contributed by atoms with Crippen LogP contribution in [0.2, 0.25) is 0 Å². The predicted molar refractivity (Wildman–Crippen MR) is 65.8 cm³/mol. The fourth-order valence-corrected chi connectivity index (χ4v) is 2.90. The molecule has 0 saturated heterocycles. The number of hydrogen-bond donors (Lipinski definition) is 0. The molecule has 0 aliphatic carbocycles. The first-order valence-corrected chi connectivity index (χ1v) is 6.77. The number of aldehydes is 1. The minimum Gasteiger partial charge on any atom is -0.303 e. The molecule has 0 fully saturated rings. The topological polar surface area (TPSA) is 69.0 Å². The number of carbonyl (C=O) groups is 1. The van der Waals surface area contributed by atoms with E-state index in [1.807, 2.05) is 6.92 Å². The molecule has 5 nitrogen and oxygen atoms in total. The van der Waals surface area contributed by atoms with Gasteiger partial charge in [-0.1, -0.05) is 17.7 Å². The van der Waals surface area contributed by atoms with E-state index in [-0.39, 0.29) is 11.3 Å². The average molecular weight is 264 g/mol. The van der Waals surface area contributed by atoms with Gasteiger partial charge in [-0.3, -0.25) is 0 Å². The zero-order valence-corrected chi connectivity index (χ0v) is 10.6. The van der Waals surface area contributed by atoms with Crippen molar-refractivity contribution in [2.45, 2.75) is 18.2 Å². The lowest BCUT2D eigenvalue weighted by Gasteiger charge is -2.08. The van der Waals surface area contributed by atoms with E-state index in [0.29, 0.717) is 12.0 Å². The molecule has 0 atom stereocenters. The van der Waals surface area contributed by atoms with Gasteiger partial charge in [-0.2, -0.15) is 0 Å². The largest absolute Gasteiger partial charge is 0.303 e. The lowest BCUT2D eigenvalue weighted by atomic mass is 10.2. The Labute approximate surface area is 105 Å². The van der Waals surface area contributed by atoms with E-state index >= 15 is 0 Å². The van der Waals surface area contributed by atoms with Crippen molar-refractivity contribution in [3.05, 3.63) is 48.0 Å². The Morgan fingerprint density at radius 1 is 1.28 bits per heavy atom. The Bertz CT molecular complexity index is 657. The van der Waals surface area contributed by atoms with Gasteiger partial charge in [-0.25, -0.2) is 17.4 Å². The van der Waals surface area contributed by atoms with Crippen LogP contribution in [-0.4, -0.2) is 23.7 Å². The fraction of sp³-hybridized carbons (Fsp3) is 0.167. The molecule has 6 heteroatoms. The molecule has 18 heavy (non-hydrogen) atoms. The predicted octanol–water partition coefficient (Wildman–Crippen LogP) is 1.17. The second kappa shape index (κ2) is 4.73. The van der Waals surface area contributed by atoms with Crippen LogP contribution in [0.5, 0.6) is 0 Å². The summed E-state index contributed by atoms with van der Waals surface area (Å²) in [6.07, 6.45) is 3.25. The zero-order chi connectivity index (χ0) is 13.2. The summed E-state index contributed by atoms with van der Waals surface area (Å²) in [4.78, 5) is 14.5. The van der Waals surface area contributed by atoms with Gasteiger partial charge in [0, 0.05) is 12.6 Å². The lowest BCUT2D eigenvalue weighted by molar-refractivity contribution is -0.107. The van der Waals surface area contributed by atoms with Gasteiger partial charge in [0.2, 0.25) is 0 Å². The van der Waals surface area contributed by atoms with Gasteiger partial charge in [-0.15, -0.1) is 0 Å². The average Bonchev–Trinajstić information content (AvgIpc) is 2.79. The number of nitrogens with zero attached hydrogens (tertiary/aromatic N) is 2. The Balaban J connectivity index is 2.51. The third-order valence-corrected chi connectivity index (χ3v) is 4.26. The van der Waals surface area contributed by atoms with Crippen LogP contribution in [0.4, 0.5) is 0 Å². The normalized spacial score (nSPS) is 11.4. The van der Waals surface area contributed by atoms with Crippen molar-refractivity contribution in [1.29, 1.82) is 0 Å². The van der Waals surface area contributed by atoms with E-state index < -0.39 is 10.0 Å². The molecular formula is C12H12N2O3S. The molecule has 1 aromatic heterocycles. The number of aromatic nitrogens is 2. The number of aryl methyl sites for hydroxylation is 1. The van der Waals surface area contributed by atoms with Crippen molar-refractivity contribution in [3.63, 3.8) is 0 Å². The van der Waals surface area contributed by atoms with Gasteiger partial charge < -0.3 is 4.79 Å². The molecule has 2 rings (SSSR count). The molecule has 1 aromatic carbocycles. The SMILES string of the molecule is Cc1ccc(S(=O)(=O)n2cncc2CC=O)cc1. The van der Waals surface area contributed by atoms with Crippen molar-refractivity contribution in [3.8, 4) is 0 Å². The minimum atomic E-state index is -3.67. The highest BCUT2D eigenvalue weighted by Gasteiger charge is 2.19. The van der Waals surface area contributed by atoms with Crippen LogP contribution in [0, 0.1) is 6.92 Å². The first-order valence-electron chi connectivity index (χ1n) is 5.33. The molecule has 0 bridgehead atoms. The van der Waals surface area contributed by atoms with Crippen LogP contribution in [-0.2, 0) is 21.2 Å². The second-order valence-corrected chi connectivity index (χ2v) is 5.68. The number of imidazole rings is 1. The van der Waals surface area contributed by atoms with Gasteiger partial charge in [0.15, 0.2) is 0 Å². The van der Waals surface area contributed by atoms with Crippen LogP contribution >= 0.6 is 0 Å². The highest BCUT2D eigenvalue weighted by molar-refractivity contribution is 7.90. The molecule has 0 unspecified atom stereocenters. The molecule has 0 saturated carbocycles. The molecule has 0 amide bonds. The van der Waals surface area contributed by atoms with Crippen LogP contribution < -0.4 is 0 Å². The Hall–Kier alpha value is -1.95. The number of hydrogen-bond acceptors (Lipinski definition) is 4. The number of carbonyl (C=O) groups excluding carboxylic acids is 1. The fourth-order valence-electron chi connectivity index (χ4n) is 1.58. The van der Waals surface area contributed by atoms with Crippen LogP contribution in [0.25, 0.3) is 0 Å². The van der Waals surface area contributed by atoms with Crippen molar-refractivity contribution < 1.29 is 13.2 Å². The molecular weight excluding hydrogens is 252 g/mol. The standard InChI is InChI=1S/C12H12N2O3S/c1-10-2-4-12(5-3-10)18(16,17)14-9-13-8-11(14)6-7-15/h2-5,7-9H,6H2,1H3. The molecule has 0 aliphatic rings. The summed E-state index contributed by atoms with van der Waals surface area (Å²) < 4.78 is 25.7. The van der Waals surface area contributed by atoms with E-state index in [1.54, 1.807) is 12.1 Å². The van der Waals surface area contributed by atoms with Gasteiger partial charge in [0.25, 0.3) is 10.0 Å². The van der Waals surface area contributed by atoms with Crippen LogP contribution in [0.1, 0.15) is 11.3 Å². The summed E-state index contributed by atoms with van der Waals surface area (Å²) in [5.41, 5.74) is 1.33. The third kappa shape index (κ3) is 2.19. The highest BCUT2D eigenvalue weighted by Crippen LogP contribution is 2.16. The minimum absolute atomic E-state index is 0.0189. The molecule has 0 N–H and O–H groups in total. The smallest absolute Gasteiger partial charge is 0.269 e. The Morgan fingerprint density at radius 3 is 2.56 bits per heavy atom. The van der Waals surface area contributed by atoms with Gasteiger partial charge in [0.05, 0.1) is 10.6 Å². The Morgan fingerprint density at radius 2 is 1.94 bits per heavy atom. The summed E-state index contributed by atoms with van der Waals surface area (Å²) in [7, 11) is -3.67. The Kier molecular flexibility index (Phi) is 3.29. The second-order valence-electron chi connectivity index (χ2n) is 3.87. The first-order chi connectivity index (χ1) is 8.55. The van der Waals surface area contributed by atoms with Crippen molar-refractivity contribution >= 4 is 16.3 Å². The van der Waals surface area contributed by atoms with E-state index in [2.05, 4.69) is 4.98 Å². The van der Waals surface area contributed by atoms with Crippen molar-refractivity contribution in [2.75, 3.05) is 0 Å². The molecule has 0 aliphatic heterocycles. The van der Waals surface area contributed by atoms with Crippen molar-refractivity contribution in [2.24, 2.45) is 0 Å². The van der Waals surface area contributed by atoms with Crippen LogP contribution in [0.15, 0.2) is 41.7 Å². The van der Waals surface area contributed by atoms with Gasteiger partial charge in [-0.05, 0) is 19.1 Å². The quantitative estimate of drug-likeness (QED) is 0.777. The maximum absolute atomic E-state index is 12.3. The van der Waals surface area contributed by atoms with Gasteiger partial charge >= 0.3 is 0 Å². The van der Waals surface area contributed by atoms with E-state index in [1.165, 1.54) is 24.7 Å². The molecule has 0 spiro atoms. The molecule has 94 valence electrons. The molecule has 2 aromatic rings. The van der Waals surface area contributed by atoms with Crippen molar-refractivity contribution in [1.82, 2.24) is 8.96 Å². The maximum Gasteiger partial charge on any atom is 0.269 e. The zero-order valence-electron chi connectivity index (χ0n) is 9.78. The number of rotatable bonds is 4. The summed E-state index contributed by atoms with van der Waals surface area (Å²) in [5, 5.41) is 0. The third-order valence-electron chi connectivity index (χ3n) is 2.55. The highest BCUT2D eigenvalue weighted by atomic mass is 32.2. The lowest BCUT2D eigenvalue weighted by Crippen LogP contribution is -2.15. The number of benzene rings is 1. The van der Waals surface area contributed by atoms with E-state index in [4.69, 9.17) is 0 Å². The van der Waals surface area contributed by atoms with E-state index in [0.717, 1.165) is 9.54 Å². The maximum atomic E-state index is 12.3. The molecule has 1 heterocycles. The first kappa shape index (κ1) is 12.5. The summed E-state index contributed by atoms with van der Waals surface area (Å²) in [6.45, 7) is 1.88. The monoisotopic (exact) mass is 264 g/mol.